The molecule has 20 heavy (non-hydrogen) atoms. The summed E-state index contributed by atoms with van der Waals surface area (Å²) in [6.45, 7) is 2.29. The highest BCUT2D eigenvalue weighted by atomic mass is 19.1. The van der Waals surface area contributed by atoms with E-state index in [-0.39, 0.29) is 5.82 Å². The molecule has 0 N–H and O–H groups in total. The summed E-state index contributed by atoms with van der Waals surface area (Å²) in [5, 5.41) is 0. The van der Waals surface area contributed by atoms with Crippen LogP contribution < -0.4 is 0 Å². The van der Waals surface area contributed by atoms with E-state index in [4.69, 9.17) is 0 Å². The Hall–Kier alpha value is -1.11. The van der Waals surface area contributed by atoms with Crippen LogP contribution in [-0.2, 0) is 12.8 Å². The van der Waals surface area contributed by atoms with Crippen LogP contribution in [0.4, 0.5) is 4.39 Å². The van der Waals surface area contributed by atoms with Gasteiger partial charge >= 0.3 is 0 Å². The SMILES string of the molecule is CCCC1CCC(C2=CCc3c(F)cccc3C2)CC1. The first kappa shape index (κ1) is 13.9. The fourth-order valence-corrected chi connectivity index (χ4v) is 4.06. The van der Waals surface area contributed by atoms with Crippen LogP contribution in [0.1, 0.15) is 56.6 Å². The third-order valence-electron chi connectivity index (χ3n) is 5.25. The third kappa shape index (κ3) is 2.82. The van der Waals surface area contributed by atoms with Crippen LogP contribution in [0.15, 0.2) is 29.8 Å². The van der Waals surface area contributed by atoms with E-state index in [0.717, 1.165) is 30.2 Å². The van der Waals surface area contributed by atoms with Crippen LogP contribution >= 0.6 is 0 Å². The molecule has 0 aromatic heterocycles. The van der Waals surface area contributed by atoms with Gasteiger partial charge in [0.05, 0.1) is 0 Å². The minimum Gasteiger partial charge on any atom is -0.207 e. The van der Waals surface area contributed by atoms with Crippen LogP contribution in [0, 0.1) is 17.7 Å². The largest absolute Gasteiger partial charge is 0.207 e. The molecule has 0 bridgehead atoms. The average molecular weight is 272 g/mol. The van der Waals surface area contributed by atoms with E-state index in [1.165, 1.54) is 44.1 Å². The van der Waals surface area contributed by atoms with Crippen molar-refractivity contribution in [2.24, 2.45) is 11.8 Å². The number of fused-ring (bicyclic) bond motifs is 1. The zero-order chi connectivity index (χ0) is 13.9. The zero-order valence-corrected chi connectivity index (χ0v) is 12.5. The fraction of sp³-hybridized carbons (Fsp3) is 0.579. The fourth-order valence-electron chi connectivity index (χ4n) is 4.06. The van der Waals surface area contributed by atoms with Crippen LogP contribution in [0.25, 0.3) is 0 Å². The Kier molecular flexibility index (Phi) is 4.24. The molecule has 1 heteroatoms. The van der Waals surface area contributed by atoms with Gasteiger partial charge in [-0.3, -0.25) is 0 Å². The van der Waals surface area contributed by atoms with Crippen molar-refractivity contribution in [1.29, 1.82) is 0 Å². The average Bonchev–Trinajstić information content (AvgIpc) is 2.48. The predicted octanol–water partition coefficient (Wildman–Crippen LogP) is 5.46. The summed E-state index contributed by atoms with van der Waals surface area (Å²) in [6.07, 6.45) is 12.3. The molecule has 3 rings (SSSR count). The van der Waals surface area contributed by atoms with Gasteiger partial charge in [-0.1, -0.05) is 43.5 Å². The van der Waals surface area contributed by atoms with Gasteiger partial charge in [0.25, 0.3) is 0 Å². The Labute approximate surface area is 122 Å². The highest BCUT2D eigenvalue weighted by Crippen LogP contribution is 2.38. The molecule has 0 atom stereocenters. The van der Waals surface area contributed by atoms with Gasteiger partial charge in [0.15, 0.2) is 0 Å². The first-order chi connectivity index (χ1) is 9.78. The molecular formula is C19H25F. The summed E-state index contributed by atoms with van der Waals surface area (Å²) < 4.78 is 13.7. The van der Waals surface area contributed by atoms with E-state index in [1.54, 1.807) is 11.6 Å². The molecule has 0 heterocycles. The molecule has 0 radical (unpaired) electrons. The molecule has 0 unspecified atom stereocenters. The molecule has 2 aliphatic rings. The van der Waals surface area contributed by atoms with Gasteiger partial charge < -0.3 is 0 Å². The molecular weight excluding hydrogens is 247 g/mol. The third-order valence-corrected chi connectivity index (χ3v) is 5.25. The van der Waals surface area contributed by atoms with Crippen LogP contribution in [0.2, 0.25) is 0 Å². The Balaban J connectivity index is 1.65. The van der Waals surface area contributed by atoms with Crippen LogP contribution in [0.5, 0.6) is 0 Å². The molecule has 1 saturated carbocycles. The molecule has 1 aromatic carbocycles. The highest BCUT2D eigenvalue weighted by molar-refractivity contribution is 5.38. The summed E-state index contributed by atoms with van der Waals surface area (Å²) in [5.41, 5.74) is 3.73. The Morgan fingerprint density at radius 1 is 1.15 bits per heavy atom. The Morgan fingerprint density at radius 2 is 1.95 bits per heavy atom. The van der Waals surface area contributed by atoms with Crippen molar-refractivity contribution in [3.63, 3.8) is 0 Å². The zero-order valence-electron chi connectivity index (χ0n) is 12.5. The van der Waals surface area contributed by atoms with Crippen molar-refractivity contribution in [1.82, 2.24) is 0 Å². The lowest BCUT2D eigenvalue weighted by atomic mass is 9.74. The molecule has 0 saturated heterocycles. The van der Waals surface area contributed by atoms with Crippen molar-refractivity contribution < 1.29 is 4.39 Å². The number of hydrogen-bond acceptors (Lipinski definition) is 0. The Bertz CT molecular complexity index is 492. The lowest BCUT2D eigenvalue weighted by Crippen LogP contribution is -2.19. The minimum absolute atomic E-state index is 0.0237. The van der Waals surface area contributed by atoms with Crippen molar-refractivity contribution in [3.05, 3.63) is 46.8 Å². The Morgan fingerprint density at radius 3 is 2.70 bits per heavy atom. The number of rotatable bonds is 3. The number of halogens is 1. The van der Waals surface area contributed by atoms with Crippen LogP contribution in [-0.4, -0.2) is 0 Å². The van der Waals surface area contributed by atoms with Crippen molar-refractivity contribution in [3.8, 4) is 0 Å². The molecule has 0 spiro atoms. The van der Waals surface area contributed by atoms with Gasteiger partial charge in [-0.15, -0.1) is 0 Å². The molecule has 2 aliphatic carbocycles. The molecule has 0 nitrogen and oxygen atoms in total. The second-order valence-corrected chi connectivity index (χ2v) is 6.54. The monoisotopic (exact) mass is 272 g/mol. The van der Waals surface area contributed by atoms with Gasteiger partial charge in [0, 0.05) is 0 Å². The summed E-state index contributed by atoms with van der Waals surface area (Å²) in [7, 11) is 0. The van der Waals surface area contributed by atoms with Crippen molar-refractivity contribution in [2.45, 2.75) is 58.3 Å². The standard InChI is InChI=1S/C19H25F/c1-2-4-14-7-9-15(10-8-14)16-11-12-18-17(13-16)5-3-6-19(18)20/h3,5-6,11,14-15H,2,4,7-10,12-13H2,1H3. The summed E-state index contributed by atoms with van der Waals surface area (Å²) in [4.78, 5) is 0. The van der Waals surface area contributed by atoms with Gasteiger partial charge in [0.1, 0.15) is 5.82 Å². The van der Waals surface area contributed by atoms with E-state index in [2.05, 4.69) is 19.1 Å². The van der Waals surface area contributed by atoms with Gasteiger partial charge in [-0.05, 0) is 67.6 Å². The van der Waals surface area contributed by atoms with E-state index in [9.17, 15) is 4.39 Å². The van der Waals surface area contributed by atoms with E-state index in [0.29, 0.717) is 0 Å². The maximum Gasteiger partial charge on any atom is 0.126 e. The summed E-state index contributed by atoms with van der Waals surface area (Å²) in [5.74, 6) is 1.70. The van der Waals surface area contributed by atoms with Crippen LogP contribution in [0.3, 0.4) is 0 Å². The predicted molar refractivity (Wildman–Crippen MR) is 82.2 cm³/mol. The van der Waals surface area contributed by atoms with E-state index < -0.39 is 0 Å². The quantitative estimate of drug-likeness (QED) is 0.641. The summed E-state index contributed by atoms with van der Waals surface area (Å²) in [6, 6.07) is 5.55. The first-order valence-corrected chi connectivity index (χ1v) is 8.23. The number of hydrogen-bond donors (Lipinski definition) is 0. The molecule has 0 aliphatic heterocycles. The van der Waals surface area contributed by atoms with E-state index >= 15 is 0 Å². The maximum absolute atomic E-state index is 13.7. The maximum atomic E-state index is 13.7. The normalized spacial score (nSPS) is 26.0. The molecule has 1 fully saturated rings. The van der Waals surface area contributed by atoms with Gasteiger partial charge in [0.2, 0.25) is 0 Å². The molecule has 1 aromatic rings. The van der Waals surface area contributed by atoms with Crippen molar-refractivity contribution in [2.75, 3.05) is 0 Å². The topological polar surface area (TPSA) is 0 Å². The van der Waals surface area contributed by atoms with Crippen molar-refractivity contribution >= 4 is 0 Å². The second-order valence-electron chi connectivity index (χ2n) is 6.54. The number of allylic oxidation sites excluding steroid dienone is 2. The van der Waals surface area contributed by atoms with Gasteiger partial charge in [-0.25, -0.2) is 4.39 Å². The lowest BCUT2D eigenvalue weighted by molar-refractivity contribution is 0.283. The lowest BCUT2D eigenvalue weighted by Gasteiger charge is -2.32. The van der Waals surface area contributed by atoms with E-state index in [1.807, 2.05) is 6.07 Å². The summed E-state index contributed by atoms with van der Waals surface area (Å²) >= 11 is 0. The highest BCUT2D eigenvalue weighted by Gasteiger charge is 2.25. The molecule has 0 amide bonds. The first-order valence-electron chi connectivity index (χ1n) is 8.23. The smallest absolute Gasteiger partial charge is 0.126 e. The minimum atomic E-state index is -0.0237. The molecule has 108 valence electrons. The van der Waals surface area contributed by atoms with Gasteiger partial charge in [-0.2, -0.15) is 0 Å². The number of benzene rings is 1. The second kappa shape index (κ2) is 6.11.